The molecule has 2 atom stereocenters. The third-order valence-electron chi connectivity index (χ3n) is 7.11. The van der Waals surface area contributed by atoms with Gasteiger partial charge in [-0.25, -0.2) is 9.59 Å². The molecule has 228 valence electrons. The van der Waals surface area contributed by atoms with Crippen LogP contribution in [0.25, 0.3) is 10.9 Å². The van der Waals surface area contributed by atoms with Crippen LogP contribution < -0.4 is 25.5 Å². The lowest BCUT2D eigenvalue weighted by Gasteiger charge is -2.28. The van der Waals surface area contributed by atoms with Gasteiger partial charge in [0.25, 0.3) is 0 Å². The number of carbonyl (C=O) groups is 2. The Hall–Kier alpha value is -5.29. The first-order chi connectivity index (χ1) is 21.4. The molecule has 0 aliphatic carbocycles. The monoisotopic (exact) mass is 597 g/mol. The average molecular weight is 598 g/mol. The summed E-state index contributed by atoms with van der Waals surface area (Å²) < 4.78 is 18.7. The number of aliphatic hydroxyl groups is 1. The number of methoxy groups -OCH3 is 1. The lowest BCUT2D eigenvalue weighted by Crippen LogP contribution is -2.45. The van der Waals surface area contributed by atoms with E-state index in [0.29, 0.717) is 29.4 Å². The fraction of sp³-hybridized carbons (Fsp3) is 0.242. The summed E-state index contributed by atoms with van der Waals surface area (Å²) in [6, 6.07) is 22.2. The number of urea groups is 1. The van der Waals surface area contributed by atoms with E-state index in [9.17, 15) is 14.7 Å². The number of rotatable bonds is 12. The molecule has 0 saturated heterocycles. The highest BCUT2D eigenvalue weighted by atomic mass is 16.5. The van der Waals surface area contributed by atoms with Crippen molar-refractivity contribution in [2.75, 3.05) is 20.3 Å². The lowest BCUT2D eigenvalue weighted by molar-refractivity contribution is -0.136. The fourth-order valence-corrected chi connectivity index (χ4v) is 5.10. The summed E-state index contributed by atoms with van der Waals surface area (Å²) >= 11 is 0. The number of allylic oxidation sites excluding steroid dienone is 1. The number of nitrogens with one attached hydrogen (secondary N) is 3. The van der Waals surface area contributed by atoms with E-state index < -0.39 is 24.3 Å². The number of fused-ring (bicyclic) bond motifs is 1. The molecule has 0 radical (unpaired) electrons. The third-order valence-corrected chi connectivity index (χ3v) is 7.11. The van der Waals surface area contributed by atoms with Crippen LogP contribution in [0.1, 0.15) is 36.6 Å². The maximum atomic E-state index is 12.5. The van der Waals surface area contributed by atoms with Crippen molar-refractivity contribution < 1.29 is 28.9 Å². The highest BCUT2D eigenvalue weighted by molar-refractivity contribution is 5.99. The van der Waals surface area contributed by atoms with Crippen molar-refractivity contribution in [1.82, 2.24) is 20.6 Å². The minimum Gasteiger partial charge on any atom is -0.490 e. The first-order valence-electron chi connectivity index (χ1n) is 14.2. The van der Waals surface area contributed by atoms with Gasteiger partial charge in [-0.15, -0.1) is 0 Å². The van der Waals surface area contributed by atoms with Gasteiger partial charge in [-0.3, -0.25) is 5.43 Å². The van der Waals surface area contributed by atoms with Crippen molar-refractivity contribution in [2.24, 2.45) is 5.10 Å². The highest BCUT2D eigenvalue weighted by Crippen LogP contribution is 2.35. The Morgan fingerprint density at radius 3 is 2.64 bits per heavy atom. The van der Waals surface area contributed by atoms with Crippen molar-refractivity contribution in [2.45, 2.75) is 32.7 Å². The molecule has 4 aromatic rings. The van der Waals surface area contributed by atoms with Crippen molar-refractivity contribution in [3.05, 3.63) is 107 Å². The number of benzene rings is 3. The van der Waals surface area contributed by atoms with Gasteiger partial charge in [0.1, 0.15) is 6.61 Å². The Balaban J connectivity index is 1.26. The van der Waals surface area contributed by atoms with Crippen molar-refractivity contribution in [3.63, 3.8) is 0 Å². The van der Waals surface area contributed by atoms with E-state index >= 15 is 0 Å². The van der Waals surface area contributed by atoms with Crippen LogP contribution in [0, 0.1) is 0 Å². The number of para-hydroxylation sites is 1. The standard InChI is InChI=1S/C33H35N5O6/c1-4-43-28-16-23(31-30(32(40)42-3)21(2)35-33(41)36-31)14-15-27(28)44-20-29(39)37-34-17-24-19-38(18-22-10-6-5-7-11-22)26-13-9-8-12-25(24)26/h5-17,19,29,31,37,39H,4,18,20H2,1-3H3,(H2,35,36,41)/b34-17+/t29-,31+/m0/s1. The molecule has 0 spiro atoms. The summed E-state index contributed by atoms with van der Waals surface area (Å²) in [5.41, 5.74) is 7.18. The molecule has 1 aliphatic heterocycles. The number of aromatic nitrogens is 1. The number of hydrazone groups is 1. The zero-order chi connectivity index (χ0) is 31.1. The van der Waals surface area contributed by atoms with Gasteiger partial charge < -0.3 is 34.5 Å². The second-order valence-corrected chi connectivity index (χ2v) is 10.1. The quantitative estimate of drug-likeness (QED) is 0.0832. The summed E-state index contributed by atoms with van der Waals surface area (Å²) in [7, 11) is 1.28. The average Bonchev–Trinajstić information content (AvgIpc) is 3.37. The second-order valence-electron chi connectivity index (χ2n) is 10.1. The first kappa shape index (κ1) is 30.2. The maximum Gasteiger partial charge on any atom is 0.337 e. The number of hydrogen-bond donors (Lipinski definition) is 4. The normalized spacial score (nSPS) is 15.5. The van der Waals surface area contributed by atoms with Gasteiger partial charge in [-0.2, -0.15) is 5.10 Å². The molecule has 44 heavy (non-hydrogen) atoms. The molecule has 0 bridgehead atoms. The minimum absolute atomic E-state index is 0.122. The van der Waals surface area contributed by atoms with Gasteiger partial charge in [0.05, 0.1) is 31.5 Å². The number of nitrogens with zero attached hydrogens (tertiary/aromatic N) is 2. The van der Waals surface area contributed by atoms with Crippen LogP contribution in [0.2, 0.25) is 0 Å². The molecule has 2 amide bonds. The van der Waals surface area contributed by atoms with Crippen molar-refractivity contribution >= 4 is 29.1 Å². The molecule has 2 heterocycles. The lowest BCUT2D eigenvalue weighted by atomic mass is 9.95. The smallest absolute Gasteiger partial charge is 0.337 e. The number of aliphatic hydroxyl groups excluding tert-OH is 1. The van der Waals surface area contributed by atoms with E-state index in [1.807, 2.05) is 49.5 Å². The topological polar surface area (TPSA) is 135 Å². The Bertz CT molecular complexity index is 1700. The van der Waals surface area contributed by atoms with Gasteiger partial charge in [-0.05, 0) is 43.2 Å². The summed E-state index contributed by atoms with van der Waals surface area (Å²) in [6.07, 6.45) is 2.60. The molecule has 0 fully saturated rings. The molecule has 5 rings (SSSR count). The van der Waals surface area contributed by atoms with Gasteiger partial charge in [0, 0.05) is 34.9 Å². The van der Waals surface area contributed by atoms with E-state index in [-0.39, 0.29) is 12.2 Å². The zero-order valence-corrected chi connectivity index (χ0v) is 24.7. The first-order valence-corrected chi connectivity index (χ1v) is 14.2. The molecule has 0 unspecified atom stereocenters. The van der Waals surface area contributed by atoms with Gasteiger partial charge in [0.15, 0.2) is 17.7 Å². The van der Waals surface area contributed by atoms with E-state index in [4.69, 9.17) is 14.2 Å². The van der Waals surface area contributed by atoms with Crippen LogP contribution >= 0.6 is 0 Å². The Kier molecular flexibility index (Phi) is 9.46. The summed E-state index contributed by atoms with van der Waals surface area (Å²) in [5.74, 6) is 0.209. The molecule has 3 aromatic carbocycles. The second kappa shape index (κ2) is 13.8. The van der Waals surface area contributed by atoms with Crippen LogP contribution in [0.4, 0.5) is 4.79 Å². The number of ether oxygens (including phenoxy) is 3. The predicted octanol–water partition coefficient (Wildman–Crippen LogP) is 4.21. The van der Waals surface area contributed by atoms with Crippen LogP contribution in [-0.4, -0.2) is 54.4 Å². The van der Waals surface area contributed by atoms with Crippen LogP contribution in [-0.2, 0) is 16.1 Å². The number of hydrogen-bond acceptors (Lipinski definition) is 8. The molecule has 0 saturated carbocycles. The molecule has 1 aromatic heterocycles. The largest absolute Gasteiger partial charge is 0.490 e. The van der Waals surface area contributed by atoms with E-state index in [1.54, 1.807) is 31.3 Å². The van der Waals surface area contributed by atoms with Crippen LogP contribution in [0.3, 0.4) is 0 Å². The van der Waals surface area contributed by atoms with Crippen molar-refractivity contribution in [3.8, 4) is 11.5 Å². The predicted molar refractivity (Wildman–Crippen MR) is 166 cm³/mol. The number of carbonyl (C=O) groups excluding carboxylic acids is 2. The number of esters is 1. The highest BCUT2D eigenvalue weighted by Gasteiger charge is 2.32. The third kappa shape index (κ3) is 6.84. The molecular weight excluding hydrogens is 562 g/mol. The van der Waals surface area contributed by atoms with Gasteiger partial charge >= 0.3 is 12.0 Å². The Morgan fingerprint density at radius 2 is 1.86 bits per heavy atom. The van der Waals surface area contributed by atoms with Gasteiger partial charge in [0.2, 0.25) is 0 Å². The summed E-state index contributed by atoms with van der Waals surface area (Å²) in [5, 5.41) is 21.2. The Morgan fingerprint density at radius 1 is 1.09 bits per heavy atom. The van der Waals surface area contributed by atoms with Crippen LogP contribution in [0.15, 0.2) is 95.4 Å². The minimum atomic E-state index is -1.11. The van der Waals surface area contributed by atoms with Gasteiger partial charge in [-0.1, -0.05) is 54.6 Å². The van der Waals surface area contributed by atoms with Crippen molar-refractivity contribution in [1.29, 1.82) is 0 Å². The molecule has 11 nitrogen and oxygen atoms in total. The molecule has 11 heteroatoms. The Labute approximate surface area is 255 Å². The molecule has 1 aliphatic rings. The molecular formula is C33H35N5O6. The van der Waals surface area contributed by atoms with E-state index in [1.165, 1.54) is 12.7 Å². The molecule has 4 N–H and O–H groups in total. The summed E-state index contributed by atoms with van der Waals surface area (Å²) in [6.45, 7) is 4.42. The van der Waals surface area contributed by atoms with E-state index in [0.717, 1.165) is 23.0 Å². The van der Waals surface area contributed by atoms with E-state index in [2.05, 4.69) is 43.9 Å². The zero-order valence-electron chi connectivity index (χ0n) is 24.7. The summed E-state index contributed by atoms with van der Waals surface area (Å²) in [4.78, 5) is 24.6. The maximum absolute atomic E-state index is 12.5. The SMILES string of the molecule is CCOc1cc([C@H]2NC(=O)NC(C)=C2C(=O)OC)ccc1OC[C@H](O)N/N=C/c1cn(Cc2ccccc2)c2ccccc12. The number of amides is 2. The fourth-order valence-electron chi connectivity index (χ4n) is 5.10. The van der Waals surface area contributed by atoms with Crippen LogP contribution in [0.5, 0.6) is 11.5 Å².